The molecule has 0 aromatic carbocycles. The predicted octanol–water partition coefficient (Wildman–Crippen LogP) is 1.68. The van der Waals surface area contributed by atoms with Crippen molar-refractivity contribution in [3.8, 4) is 0 Å². The van der Waals surface area contributed by atoms with Gasteiger partial charge in [-0.1, -0.05) is 11.6 Å². The number of sulfonamides is 1. The van der Waals surface area contributed by atoms with Gasteiger partial charge in [-0.3, -0.25) is 10.1 Å². The normalized spacial score (nSPS) is 19.6. The van der Waals surface area contributed by atoms with Crippen LogP contribution in [0.1, 0.15) is 12.8 Å². The molecule has 1 aromatic heterocycles. The second kappa shape index (κ2) is 5.94. The minimum atomic E-state index is -3.74. The van der Waals surface area contributed by atoms with Crippen molar-refractivity contribution in [2.24, 2.45) is 0 Å². The number of rotatable bonds is 5. The number of hydrogen-bond acceptors (Lipinski definition) is 6. The van der Waals surface area contributed by atoms with Crippen LogP contribution >= 0.6 is 22.9 Å². The first-order valence-corrected chi connectivity index (χ1v) is 8.59. The van der Waals surface area contributed by atoms with E-state index in [1.165, 1.54) is 11.4 Å². The topological polar surface area (TPSA) is 92.6 Å². The maximum atomic E-state index is 12.3. The lowest BCUT2D eigenvalue weighted by Crippen LogP contribution is -2.38. The van der Waals surface area contributed by atoms with Crippen LogP contribution in [0.2, 0.25) is 4.34 Å². The van der Waals surface area contributed by atoms with E-state index in [4.69, 9.17) is 11.6 Å². The number of hydrogen-bond donors (Lipinski definition) is 1. The Bertz CT molecular complexity index is 610. The van der Waals surface area contributed by atoms with Crippen molar-refractivity contribution in [2.45, 2.75) is 23.1 Å². The van der Waals surface area contributed by atoms with E-state index in [9.17, 15) is 18.5 Å². The number of nitrogens with one attached hydrogen (secondary N) is 1. The fourth-order valence-corrected chi connectivity index (χ4v) is 5.16. The molecule has 20 heavy (non-hydrogen) atoms. The van der Waals surface area contributed by atoms with Crippen molar-refractivity contribution in [2.75, 3.05) is 20.1 Å². The Hall–Kier alpha value is -0.740. The average Bonchev–Trinajstić information content (AvgIpc) is 2.98. The molecule has 1 aliphatic heterocycles. The summed E-state index contributed by atoms with van der Waals surface area (Å²) in [6, 6.07) is 1.14. The fourth-order valence-electron chi connectivity index (χ4n) is 2.06. The summed E-state index contributed by atoms with van der Waals surface area (Å²) in [5.41, 5.74) is -0.373. The molecule has 112 valence electrons. The van der Waals surface area contributed by atoms with E-state index in [1.54, 1.807) is 0 Å². The quantitative estimate of drug-likeness (QED) is 0.650. The highest BCUT2D eigenvalue weighted by Gasteiger charge is 2.30. The van der Waals surface area contributed by atoms with Gasteiger partial charge in [-0.05, 0) is 19.4 Å². The van der Waals surface area contributed by atoms with Gasteiger partial charge in [0.05, 0.1) is 4.92 Å². The smallest absolute Gasteiger partial charge is 0.300 e. The lowest BCUT2D eigenvalue weighted by atomic mass is 10.2. The van der Waals surface area contributed by atoms with Gasteiger partial charge in [-0.2, -0.15) is 4.31 Å². The van der Waals surface area contributed by atoms with Crippen molar-refractivity contribution in [1.29, 1.82) is 0 Å². The summed E-state index contributed by atoms with van der Waals surface area (Å²) >= 11 is 6.41. The molecule has 0 saturated carbocycles. The molecule has 1 saturated heterocycles. The van der Waals surface area contributed by atoms with E-state index >= 15 is 0 Å². The van der Waals surface area contributed by atoms with Gasteiger partial charge in [0.25, 0.3) is 15.7 Å². The van der Waals surface area contributed by atoms with Crippen molar-refractivity contribution in [3.63, 3.8) is 0 Å². The molecule has 0 aliphatic carbocycles. The van der Waals surface area contributed by atoms with Gasteiger partial charge in [0.15, 0.2) is 4.34 Å². The summed E-state index contributed by atoms with van der Waals surface area (Å²) in [7, 11) is -2.27. The standard InChI is InChI=1S/C10H14ClN3O4S2/c1-13(6-7-3-2-4-12-7)20(17,18)9-5-8(14(15)16)10(11)19-9/h5,7,12H,2-4,6H2,1H3. The molecule has 1 fully saturated rings. The fraction of sp³-hybridized carbons (Fsp3) is 0.600. The number of nitrogens with zero attached hydrogens (tertiary/aromatic N) is 2. The van der Waals surface area contributed by atoms with E-state index < -0.39 is 14.9 Å². The maximum absolute atomic E-state index is 12.3. The molecule has 1 unspecified atom stereocenters. The van der Waals surface area contributed by atoms with Crippen LogP contribution in [0.15, 0.2) is 10.3 Å². The summed E-state index contributed by atoms with van der Waals surface area (Å²) < 4.78 is 25.7. The zero-order valence-electron chi connectivity index (χ0n) is 10.7. The monoisotopic (exact) mass is 339 g/mol. The first kappa shape index (κ1) is 15.6. The molecule has 1 aliphatic rings. The van der Waals surface area contributed by atoms with Gasteiger partial charge in [-0.25, -0.2) is 8.42 Å². The Morgan fingerprint density at radius 1 is 1.65 bits per heavy atom. The van der Waals surface area contributed by atoms with Crippen molar-refractivity contribution < 1.29 is 13.3 Å². The van der Waals surface area contributed by atoms with Gasteiger partial charge < -0.3 is 5.32 Å². The predicted molar refractivity (Wildman–Crippen MR) is 76.8 cm³/mol. The molecule has 1 aromatic rings. The number of nitro groups is 1. The highest BCUT2D eigenvalue weighted by atomic mass is 35.5. The molecule has 0 spiro atoms. The second-order valence-electron chi connectivity index (χ2n) is 4.56. The van der Waals surface area contributed by atoms with E-state index in [1.807, 2.05) is 0 Å². The molecule has 7 nitrogen and oxygen atoms in total. The van der Waals surface area contributed by atoms with Gasteiger partial charge in [0.1, 0.15) is 4.21 Å². The van der Waals surface area contributed by atoms with Crippen LogP contribution in [-0.2, 0) is 10.0 Å². The third-order valence-electron chi connectivity index (χ3n) is 3.15. The van der Waals surface area contributed by atoms with Crippen LogP contribution < -0.4 is 5.32 Å². The third-order valence-corrected chi connectivity index (χ3v) is 6.76. The molecule has 10 heteroatoms. The largest absolute Gasteiger partial charge is 0.313 e. The number of thiophene rings is 1. The first-order valence-electron chi connectivity index (χ1n) is 5.96. The summed E-state index contributed by atoms with van der Waals surface area (Å²) in [6.07, 6.45) is 1.94. The minimum absolute atomic E-state index is 0.102. The summed E-state index contributed by atoms with van der Waals surface area (Å²) in [5, 5.41) is 13.9. The zero-order valence-corrected chi connectivity index (χ0v) is 13.1. The third kappa shape index (κ3) is 3.12. The zero-order chi connectivity index (χ0) is 14.9. The lowest BCUT2D eigenvalue weighted by Gasteiger charge is -2.19. The number of likely N-dealkylation sites (N-methyl/N-ethyl adjacent to an activating group) is 1. The summed E-state index contributed by atoms with van der Waals surface area (Å²) in [6.45, 7) is 1.22. The molecule has 1 N–H and O–H groups in total. The van der Waals surface area contributed by atoms with E-state index in [0.29, 0.717) is 17.9 Å². The van der Waals surface area contributed by atoms with Crippen LogP contribution in [0.3, 0.4) is 0 Å². The molecule has 0 radical (unpaired) electrons. The van der Waals surface area contributed by atoms with Crippen molar-refractivity contribution in [1.82, 2.24) is 9.62 Å². The molecule has 0 bridgehead atoms. The SMILES string of the molecule is CN(CC1CCCN1)S(=O)(=O)c1cc([N+](=O)[O-])c(Cl)s1. The summed E-state index contributed by atoms with van der Waals surface area (Å²) in [5.74, 6) is 0. The lowest BCUT2D eigenvalue weighted by molar-refractivity contribution is -0.384. The Morgan fingerprint density at radius 3 is 2.85 bits per heavy atom. The first-order chi connectivity index (χ1) is 9.32. The minimum Gasteiger partial charge on any atom is -0.313 e. The molecular weight excluding hydrogens is 326 g/mol. The van der Waals surface area contributed by atoms with Gasteiger partial charge >= 0.3 is 0 Å². The Balaban J connectivity index is 2.20. The molecule has 1 atom stereocenters. The summed E-state index contributed by atoms with van der Waals surface area (Å²) in [4.78, 5) is 10.0. The second-order valence-corrected chi connectivity index (χ2v) is 8.49. The van der Waals surface area contributed by atoms with E-state index in [0.717, 1.165) is 25.5 Å². The average molecular weight is 340 g/mol. The van der Waals surface area contributed by atoms with Crippen LogP contribution in [0.4, 0.5) is 5.69 Å². The van der Waals surface area contributed by atoms with Crippen molar-refractivity contribution >= 4 is 38.6 Å². The van der Waals surface area contributed by atoms with E-state index in [-0.39, 0.29) is 20.3 Å². The van der Waals surface area contributed by atoms with Crippen LogP contribution in [-0.4, -0.2) is 43.8 Å². The Kier molecular flexibility index (Phi) is 4.65. The van der Waals surface area contributed by atoms with Crippen molar-refractivity contribution in [3.05, 3.63) is 20.5 Å². The van der Waals surface area contributed by atoms with Crippen LogP contribution in [0.25, 0.3) is 0 Å². The van der Waals surface area contributed by atoms with Gasteiger partial charge in [-0.15, -0.1) is 11.3 Å². The number of halogens is 1. The van der Waals surface area contributed by atoms with Crippen LogP contribution in [0, 0.1) is 10.1 Å². The molecule has 2 rings (SSSR count). The molecule has 2 heterocycles. The van der Waals surface area contributed by atoms with Crippen LogP contribution in [0.5, 0.6) is 0 Å². The van der Waals surface area contributed by atoms with E-state index in [2.05, 4.69) is 5.32 Å². The Morgan fingerprint density at radius 2 is 2.35 bits per heavy atom. The van der Waals surface area contributed by atoms with Gasteiger partial charge in [0.2, 0.25) is 0 Å². The highest BCUT2D eigenvalue weighted by Crippen LogP contribution is 2.37. The van der Waals surface area contributed by atoms with Gasteiger partial charge in [0, 0.05) is 25.7 Å². The molecular formula is C10H14ClN3O4S2. The highest BCUT2D eigenvalue weighted by molar-refractivity contribution is 7.91. The molecule has 0 amide bonds. The Labute approximate surface area is 125 Å². The maximum Gasteiger partial charge on any atom is 0.300 e.